The summed E-state index contributed by atoms with van der Waals surface area (Å²) in [5, 5.41) is 8.42. The Balaban J connectivity index is 2.32. The Bertz CT molecular complexity index is 670. The normalized spacial score (nSPS) is 10.9. The van der Waals surface area contributed by atoms with Gasteiger partial charge in [-0.2, -0.15) is 0 Å². The van der Waals surface area contributed by atoms with Crippen molar-refractivity contribution in [3.8, 4) is 11.4 Å². The molecule has 0 fully saturated rings. The van der Waals surface area contributed by atoms with Gasteiger partial charge in [0.25, 0.3) is 0 Å². The number of anilines is 1. The number of rotatable bonds is 1. The second kappa shape index (κ2) is 3.59. The van der Waals surface area contributed by atoms with E-state index in [1.165, 1.54) is 0 Å². The first-order valence-electron chi connectivity index (χ1n) is 5.42. The maximum absolute atomic E-state index is 5.85. The van der Waals surface area contributed by atoms with Crippen LogP contribution >= 0.6 is 0 Å². The Labute approximate surface area is 98.7 Å². The zero-order valence-electron chi connectivity index (χ0n) is 9.46. The lowest BCUT2D eigenvalue weighted by Gasteiger charge is -2.03. The van der Waals surface area contributed by atoms with Gasteiger partial charge in [-0.1, -0.05) is 30.3 Å². The number of hydrogen-bond donors (Lipinski definition) is 1. The zero-order chi connectivity index (χ0) is 11.8. The van der Waals surface area contributed by atoms with Gasteiger partial charge in [-0.05, 0) is 18.6 Å². The van der Waals surface area contributed by atoms with Crippen LogP contribution in [0.25, 0.3) is 17.0 Å². The van der Waals surface area contributed by atoms with E-state index in [0.29, 0.717) is 5.69 Å². The standard InChI is InChI=1S/C13H12N4/c1-9-7-11(14)8-17-12(9)15-16-13(17)10-5-3-2-4-6-10/h2-8H,14H2,1H3. The summed E-state index contributed by atoms with van der Waals surface area (Å²) in [7, 11) is 0. The van der Waals surface area contributed by atoms with Gasteiger partial charge in [-0.3, -0.25) is 4.40 Å². The number of aryl methyl sites for hydroxylation is 1. The number of nitrogen functional groups attached to an aromatic ring is 1. The monoisotopic (exact) mass is 224 g/mol. The van der Waals surface area contributed by atoms with Gasteiger partial charge >= 0.3 is 0 Å². The molecule has 0 saturated heterocycles. The van der Waals surface area contributed by atoms with E-state index in [1.807, 2.05) is 53.9 Å². The van der Waals surface area contributed by atoms with Crippen LogP contribution in [0, 0.1) is 6.92 Å². The fourth-order valence-corrected chi connectivity index (χ4v) is 1.97. The molecule has 0 radical (unpaired) electrons. The van der Waals surface area contributed by atoms with E-state index in [-0.39, 0.29) is 0 Å². The van der Waals surface area contributed by atoms with Gasteiger partial charge in [0.1, 0.15) is 0 Å². The maximum Gasteiger partial charge on any atom is 0.168 e. The molecule has 4 nitrogen and oxygen atoms in total. The molecule has 2 N–H and O–H groups in total. The van der Waals surface area contributed by atoms with Crippen molar-refractivity contribution in [2.24, 2.45) is 0 Å². The first-order valence-corrected chi connectivity index (χ1v) is 5.42. The van der Waals surface area contributed by atoms with Crippen molar-refractivity contribution in [2.45, 2.75) is 6.92 Å². The molecular weight excluding hydrogens is 212 g/mol. The Morgan fingerprint density at radius 3 is 2.65 bits per heavy atom. The zero-order valence-corrected chi connectivity index (χ0v) is 9.46. The van der Waals surface area contributed by atoms with E-state index >= 15 is 0 Å². The number of fused-ring (bicyclic) bond motifs is 1. The summed E-state index contributed by atoms with van der Waals surface area (Å²) in [6, 6.07) is 11.9. The van der Waals surface area contributed by atoms with Crippen LogP contribution in [-0.4, -0.2) is 14.6 Å². The van der Waals surface area contributed by atoms with Crippen molar-refractivity contribution in [2.75, 3.05) is 5.73 Å². The summed E-state index contributed by atoms with van der Waals surface area (Å²) in [6.45, 7) is 1.98. The second-order valence-electron chi connectivity index (χ2n) is 4.04. The van der Waals surface area contributed by atoms with Crippen molar-refractivity contribution in [3.63, 3.8) is 0 Å². The predicted molar refractivity (Wildman–Crippen MR) is 67.6 cm³/mol. The number of hydrogen-bond acceptors (Lipinski definition) is 3. The van der Waals surface area contributed by atoms with Crippen molar-refractivity contribution >= 4 is 11.3 Å². The Hall–Kier alpha value is -2.36. The predicted octanol–water partition coefficient (Wildman–Crippen LogP) is 2.29. The summed E-state index contributed by atoms with van der Waals surface area (Å²) in [5.74, 6) is 0.816. The molecule has 0 amide bonds. The van der Waals surface area contributed by atoms with Crippen LogP contribution in [0.3, 0.4) is 0 Å². The highest BCUT2D eigenvalue weighted by molar-refractivity contribution is 5.63. The number of nitrogens with zero attached hydrogens (tertiary/aromatic N) is 3. The molecular formula is C13H12N4. The lowest BCUT2D eigenvalue weighted by Crippen LogP contribution is -1.95. The largest absolute Gasteiger partial charge is 0.398 e. The smallest absolute Gasteiger partial charge is 0.168 e. The van der Waals surface area contributed by atoms with Crippen molar-refractivity contribution in [1.82, 2.24) is 14.6 Å². The van der Waals surface area contributed by atoms with Gasteiger partial charge in [0.2, 0.25) is 0 Å². The number of pyridine rings is 1. The van der Waals surface area contributed by atoms with Crippen LogP contribution in [0.2, 0.25) is 0 Å². The molecule has 2 aromatic heterocycles. The van der Waals surface area contributed by atoms with Crippen LogP contribution in [-0.2, 0) is 0 Å². The molecule has 0 unspecified atom stereocenters. The van der Waals surface area contributed by atoms with Gasteiger partial charge in [0, 0.05) is 17.4 Å². The van der Waals surface area contributed by atoms with E-state index in [1.54, 1.807) is 0 Å². The van der Waals surface area contributed by atoms with E-state index in [0.717, 1.165) is 22.6 Å². The molecule has 3 rings (SSSR count). The highest BCUT2D eigenvalue weighted by Crippen LogP contribution is 2.21. The number of nitrogens with two attached hydrogens (primary N) is 1. The van der Waals surface area contributed by atoms with E-state index in [2.05, 4.69) is 10.2 Å². The van der Waals surface area contributed by atoms with Crippen LogP contribution < -0.4 is 5.73 Å². The second-order valence-corrected chi connectivity index (χ2v) is 4.04. The minimum atomic E-state index is 0.715. The molecule has 2 heterocycles. The fourth-order valence-electron chi connectivity index (χ4n) is 1.97. The highest BCUT2D eigenvalue weighted by atomic mass is 15.2. The first kappa shape index (κ1) is 9.84. The van der Waals surface area contributed by atoms with Gasteiger partial charge in [0.15, 0.2) is 11.5 Å². The minimum Gasteiger partial charge on any atom is -0.398 e. The van der Waals surface area contributed by atoms with Gasteiger partial charge in [0.05, 0.1) is 0 Å². The average molecular weight is 224 g/mol. The van der Waals surface area contributed by atoms with Crippen molar-refractivity contribution in [3.05, 3.63) is 48.2 Å². The molecule has 0 aliphatic carbocycles. The molecule has 0 aliphatic rings. The van der Waals surface area contributed by atoms with E-state index in [4.69, 9.17) is 5.73 Å². The highest BCUT2D eigenvalue weighted by Gasteiger charge is 2.09. The molecule has 0 bridgehead atoms. The summed E-state index contributed by atoms with van der Waals surface area (Å²) in [5.41, 5.74) is 9.47. The Kier molecular flexibility index (Phi) is 2.08. The molecule has 1 aromatic carbocycles. The van der Waals surface area contributed by atoms with Gasteiger partial charge in [-0.15, -0.1) is 10.2 Å². The van der Waals surface area contributed by atoms with Crippen LogP contribution in [0.15, 0.2) is 42.6 Å². The first-order chi connectivity index (χ1) is 8.25. The third-order valence-electron chi connectivity index (χ3n) is 2.74. The Morgan fingerprint density at radius 2 is 1.88 bits per heavy atom. The lowest BCUT2D eigenvalue weighted by molar-refractivity contribution is 1.11. The van der Waals surface area contributed by atoms with Crippen LogP contribution in [0.4, 0.5) is 5.69 Å². The van der Waals surface area contributed by atoms with E-state index in [9.17, 15) is 0 Å². The molecule has 0 saturated carbocycles. The molecule has 0 atom stereocenters. The van der Waals surface area contributed by atoms with E-state index < -0.39 is 0 Å². The van der Waals surface area contributed by atoms with Gasteiger partial charge < -0.3 is 5.73 Å². The SMILES string of the molecule is Cc1cc(N)cn2c(-c3ccccc3)nnc12. The average Bonchev–Trinajstić information content (AvgIpc) is 2.74. The topological polar surface area (TPSA) is 56.2 Å². The molecule has 4 heteroatoms. The number of benzene rings is 1. The molecule has 0 spiro atoms. The summed E-state index contributed by atoms with van der Waals surface area (Å²) in [4.78, 5) is 0. The van der Waals surface area contributed by atoms with Crippen molar-refractivity contribution in [1.29, 1.82) is 0 Å². The third-order valence-corrected chi connectivity index (χ3v) is 2.74. The molecule has 84 valence electrons. The van der Waals surface area contributed by atoms with Gasteiger partial charge in [-0.25, -0.2) is 0 Å². The van der Waals surface area contributed by atoms with Crippen LogP contribution in [0.5, 0.6) is 0 Å². The quantitative estimate of drug-likeness (QED) is 0.690. The van der Waals surface area contributed by atoms with Crippen LogP contribution in [0.1, 0.15) is 5.56 Å². The molecule has 17 heavy (non-hydrogen) atoms. The fraction of sp³-hybridized carbons (Fsp3) is 0.0769. The summed E-state index contributed by atoms with van der Waals surface area (Å²) < 4.78 is 1.93. The summed E-state index contributed by atoms with van der Waals surface area (Å²) in [6.07, 6.45) is 1.85. The minimum absolute atomic E-state index is 0.715. The summed E-state index contributed by atoms with van der Waals surface area (Å²) >= 11 is 0. The lowest BCUT2D eigenvalue weighted by atomic mass is 10.2. The van der Waals surface area contributed by atoms with Crippen molar-refractivity contribution < 1.29 is 0 Å². The Morgan fingerprint density at radius 1 is 1.12 bits per heavy atom. The molecule has 0 aliphatic heterocycles. The third kappa shape index (κ3) is 1.54. The number of aromatic nitrogens is 3. The maximum atomic E-state index is 5.85. The molecule has 3 aromatic rings.